The molecule has 0 unspecified atom stereocenters. The minimum atomic E-state index is -0.242. The fourth-order valence-corrected chi connectivity index (χ4v) is 3.14. The number of hydrogen-bond donors (Lipinski definition) is 1. The summed E-state index contributed by atoms with van der Waals surface area (Å²) in [6.07, 6.45) is 0. The second kappa shape index (κ2) is 3.16. The number of thiophene rings is 1. The number of rotatable bonds is 0. The number of benzene rings is 1. The van der Waals surface area contributed by atoms with Crippen molar-refractivity contribution >= 4 is 56.6 Å². The summed E-state index contributed by atoms with van der Waals surface area (Å²) in [5.41, 5.74) is 0. The molecule has 0 N–H and O–H groups in total. The maximum atomic E-state index is 13.1. The minimum absolute atomic E-state index is 0.242. The van der Waals surface area contributed by atoms with Gasteiger partial charge < -0.3 is 0 Å². The van der Waals surface area contributed by atoms with Crippen molar-refractivity contribution in [2.75, 3.05) is 0 Å². The largest absolute Gasteiger partial charge is 0.206 e. The predicted octanol–water partition coefficient (Wildman–Crippen LogP) is 3.93. The summed E-state index contributed by atoms with van der Waals surface area (Å²) < 4.78 is 15.2. The third kappa shape index (κ3) is 1.25. The summed E-state index contributed by atoms with van der Waals surface area (Å²) in [6.45, 7) is 0. The molecule has 0 radical (unpaired) electrons. The average molecular weight is 310 g/mol. The lowest BCUT2D eigenvalue weighted by Crippen LogP contribution is -1.80. The van der Waals surface area contributed by atoms with Gasteiger partial charge in [0, 0.05) is 18.6 Å². The highest BCUT2D eigenvalue weighted by atomic mass is 127. The number of fused-ring (bicyclic) bond motifs is 1. The highest BCUT2D eigenvalue weighted by Crippen LogP contribution is 2.32. The van der Waals surface area contributed by atoms with Gasteiger partial charge in [0.15, 0.2) is 0 Å². The smallest absolute Gasteiger partial charge is 0.138 e. The van der Waals surface area contributed by atoms with E-state index in [-0.39, 0.29) is 5.82 Å². The summed E-state index contributed by atoms with van der Waals surface area (Å²) in [6, 6.07) is 3.41. The van der Waals surface area contributed by atoms with Crippen molar-refractivity contribution in [1.29, 1.82) is 0 Å². The molecular weight excluding hydrogens is 306 g/mol. The van der Waals surface area contributed by atoms with Crippen molar-refractivity contribution in [3.05, 3.63) is 26.9 Å². The Kier molecular flexibility index (Phi) is 2.31. The maximum Gasteiger partial charge on any atom is 0.138 e. The van der Waals surface area contributed by atoms with Crippen LogP contribution in [-0.4, -0.2) is 0 Å². The molecule has 0 fully saturated rings. The zero-order valence-corrected chi connectivity index (χ0v) is 9.71. The van der Waals surface area contributed by atoms with Gasteiger partial charge in [-0.3, -0.25) is 0 Å². The van der Waals surface area contributed by atoms with Gasteiger partial charge >= 0.3 is 0 Å². The first-order valence-electron chi connectivity index (χ1n) is 3.24. The van der Waals surface area contributed by atoms with Crippen molar-refractivity contribution in [2.45, 2.75) is 4.90 Å². The Morgan fingerprint density at radius 2 is 2.25 bits per heavy atom. The number of thiol groups is 1. The van der Waals surface area contributed by atoms with Crippen LogP contribution < -0.4 is 0 Å². The van der Waals surface area contributed by atoms with Gasteiger partial charge in [-0.25, -0.2) is 4.39 Å². The van der Waals surface area contributed by atoms with Crippen LogP contribution in [0.2, 0.25) is 0 Å². The van der Waals surface area contributed by atoms with Crippen LogP contribution in [0.5, 0.6) is 0 Å². The Bertz CT molecular complexity index is 436. The van der Waals surface area contributed by atoms with Crippen LogP contribution in [-0.2, 0) is 0 Å². The van der Waals surface area contributed by atoms with E-state index in [9.17, 15) is 4.39 Å². The third-order valence-electron chi connectivity index (χ3n) is 1.62. The monoisotopic (exact) mass is 310 g/mol. The molecule has 0 nitrogen and oxygen atoms in total. The van der Waals surface area contributed by atoms with Gasteiger partial charge in [-0.1, -0.05) is 0 Å². The first-order valence-corrected chi connectivity index (χ1v) is 5.65. The average Bonchev–Trinajstić information content (AvgIpc) is 2.48. The SMILES string of the molecule is Fc1cc(I)c2sccc2c1S. The van der Waals surface area contributed by atoms with Crippen molar-refractivity contribution in [1.82, 2.24) is 0 Å². The summed E-state index contributed by atoms with van der Waals surface area (Å²) in [5.74, 6) is -0.242. The van der Waals surface area contributed by atoms with Gasteiger partial charge in [0.05, 0.1) is 0 Å². The lowest BCUT2D eigenvalue weighted by atomic mass is 10.2. The van der Waals surface area contributed by atoms with E-state index < -0.39 is 0 Å². The van der Waals surface area contributed by atoms with Gasteiger partial charge in [-0.15, -0.1) is 24.0 Å². The van der Waals surface area contributed by atoms with Crippen molar-refractivity contribution in [3.8, 4) is 0 Å². The van der Waals surface area contributed by atoms with E-state index in [2.05, 4.69) is 35.2 Å². The van der Waals surface area contributed by atoms with E-state index >= 15 is 0 Å². The molecule has 4 heteroatoms. The van der Waals surface area contributed by atoms with Crippen LogP contribution >= 0.6 is 46.6 Å². The van der Waals surface area contributed by atoms with E-state index in [1.807, 2.05) is 11.4 Å². The van der Waals surface area contributed by atoms with E-state index in [1.54, 1.807) is 11.3 Å². The van der Waals surface area contributed by atoms with Crippen LogP contribution in [0.15, 0.2) is 22.4 Å². The molecule has 0 aliphatic rings. The second-order valence-corrected chi connectivity index (χ2v) is 4.88. The quantitative estimate of drug-likeness (QED) is 0.553. The molecule has 0 amide bonds. The van der Waals surface area contributed by atoms with Gasteiger partial charge in [-0.05, 0) is 40.1 Å². The molecule has 1 heterocycles. The minimum Gasteiger partial charge on any atom is -0.206 e. The first kappa shape index (κ1) is 8.77. The lowest BCUT2D eigenvalue weighted by Gasteiger charge is -1.99. The molecule has 0 saturated heterocycles. The first-order chi connectivity index (χ1) is 5.70. The highest BCUT2D eigenvalue weighted by Gasteiger charge is 2.08. The highest BCUT2D eigenvalue weighted by molar-refractivity contribution is 14.1. The van der Waals surface area contributed by atoms with Crippen LogP contribution in [0.3, 0.4) is 0 Å². The summed E-state index contributed by atoms with van der Waals surface area (Å²) in [7, 11) is 0. The maximum absolute atomic E-state index is 13.1. The summed E-state index contributed by atoms with van der Waals surface area (Å²) >= 11 is 7.85. The molecule has 0 aliphatic carbocycles. The van der Waals surface area contributed by atoms with Crippen LogP contribution in [0.1, 0.15) is 0 Å². The fourth-order valence-electron chi connectivity index (χ4n) is 1.05. The lowest BCUT2D eigenvalue weighted by molar-refractivity contribution is 0.605. The molecule has 2 aromatic rings. The standard InChI is InChI=1S/C8H4FIS2/c9-5-3-6(10)8-4(7(5)11)1-2-12-8/h1-3,11H. The molecule has 0 bridgehead atoms. The van der Waals surface area contributed by atoms with Crippen molar-refractivity contribution in [3.63, 3.8) is 0 Å². The van der Waals surface area contributed by atoms with E-state index in [0.29, 0.717) is 4.90 Å². The molecule has 0 aliphatic heterocycles. The molecule has 2 rings (SSSR count). The number of halogens is 2. The van der Waals surface area contributed by atoms with Crippen molar-refractivity contribution < 1.29 is 4.39 Å². The second-order valence-electron chi connectivity index (χ2n) is 2.35. The van der Waals surface area contributed by atoms with Crippen LogP contribution in [0.25, 0.3) is 10.1 Å². The normalized spacial score (nSPS) is 10.9. The Balaban J connectivity index is 2.97. The number of hydrogen-bond acceptors (Lipinski definition) is 2. The predicted molar refractivity (Wildman–Crippen MR) is 61.8 cm³/mol. The van der Waals surface area contributed by atoms with Crippen LogP contribution in [0, 0.1) is 9.39 Å². The summed E-state index contributed by atoms with van der Waals surface area (Å²) in [5, 5.41) is 2.86. The van der Waals surface area contributed by atoms with Gasteiger partial charge in [0.2, 0.25) is 0 Å². The molecular formula is C8H4FIS2. The van der Waals surface area contributed by atoms with Gasteiger partial charge in [0.1, 0.15) is 5.82 Å². The zero-order valence-electron chi connectivity index (χ0n) is 5.84. The Hall–Kier alpha value is 0.190. The third-order valence-corrected chi connectivity index (χ3v) is 4.24. The molecule has 12 heavy (non-hydrogen) atoms. The molecule has 0 saturated carbocycles. The molecule has 1 aromatic heterocycles. The van der Waals surface area contributed by atoms with E-state index in [4.69, 9.17) is 0 Å². The fraction of sp³-hybridized carbons (Fsp3) is 0. The Morgan fingerprint density at radius 3 is 3.00 bits per heavy atom. The molecule has 62 valence electrons. The van der Waals surface area contributed by atoms with Gasteiger partial charge in [0.25, 0.3) is 0 Å². The van der Waals surface area contributed by atoms with E-state index in [1.165, 1.54) is 6.07 Å². The van der Waals surface area contributed by atoms with Gasteiger partial charge in [-0.2, -0.15) is 0 Å². The van der Waals surface area contributed by atoms with Crippen LogP contribution in [0.4, 0.5) is 4.39 Å². The Morgan fingerprint density at radius 1 is 1.50 bits per heavy atom. The molecule has 1 aromatic carbocycles. The van der Waals surface area contributed by atoms with E-state index in [0.717, 1.165) is 13.7 Å². The molecule has 0 spiro atoms. The Labute approximate surface area is 92.3 Å². The topological polar surface area (TPSA) is 0 Å². The van der Waals surface area contributed by atoms with Crippen molar-refractivity contribution in [2.24, 2.45) is 0 Å². The zero-order chi connectivity index (χ0) is 8.72. The summed E-state index contributed by atoms with van der Waals surface area (Å²) in [4.78, 5) is 0.451. The molecule has 0 atom stereocenters.